The standard InChI is InChI=1S/C23H22BrN3O5/c1-3-15-8-10-17(11-9-15)25-20(28)14-32-19-13-21(29)27(18-7-5-6-16(24)12-18)26-22(19)23(30)31-4-2/h5-13H,3-4,14H2,1-2H3,(H,25,28). The van der Waals surface area contributed by atoms with Gasteiger partial charge in [-0.3, -0.25) is 9.59 Å². The van der Waals surface area contributed by atoms with E-state index in [1.165, 1.54) is 0 Å². The second-order valence-electron chi connectivity index (χ2n) is 6.69. The summed E-state index contributed by atoms with van der Waals surface area (Å²) in [6.07, 6.45) is 0.895. The Morgan fingerprint density at radius 3 is 2.50 bits per heavy atom. The number of amides is 1. The number of hydrogen-bond acceptors (Lipinski definition) is 6. The van der Waals surface area contributed by atoms with Gasteiger partial charge in [-0.25, -0.2) is 4.79 Å². The van der Waals surface area contributed by atoms with E-state index in [4.69, 9.17) is 9.47 Å². The zero-order valence-corrected chi connectivity index (χ0v) is 19.2. The Morgan fingerprint density at radius 2 is 1.84 bits per heavy atom. The van der Waals surface area contributed by atoms with Crippen LogP contribution in [-0.4, -0.2) is 34.9 Å². The van der Waals surface area contributed by atoms with Gasteiger partial charge in [0, 0.05) is 10.2 Å². The van der Waals surface area contributed by atoms with Crippen molar-refractivity contribution in [1.29, 1.82) is 0 Å². The molecule has 166 valence electrons. The Hall–Kier alpha value is -3.46. The van der Waals surface area contributed by atoms with Gasteiger partial charge in [0.2, 0.25) is 5.69 Å². The SMILES string of the molecule is CCOC(=O)c1nn(-c2cccc(Br)c2)c(=O)cc1OCC(=O)Nc1ccc(CC)cc1. The molecule has 1 aromatic heterocycles. The lowest BCUT2D eigenvalue weighted by Gasteiger charge is -2.13. The number of esters is 1. The first-order valence-corrected chi connectivity index (χ1v) is 10.8. The molecule has 0 spiro atoms. The molecule has 1 heterocycles. The van der Waals surface area contributed by atoms with Gasteiger partial charge >= 0.3 is 5.97 Å². The summed E-state index contributed by atoms with van der Waals surface area (Å²) >= 11 is 3.34. The van der Waals surface area contributed by atoms with Crippen molar-refractivity contribution in [2.45, 2.75) is 20.3 Å². The van der Waals surface area contributed by atoms with Crippen molar-refractivity contribution in [1.82, 2.24) is 9.78 Å². The number of halogens is 1. The maximum Gasteiger partial charge on any atom is 0.362 e. The number of benzene rings is 2. The molecule has 9 heteroatoms. The molecular weight excluding hydrogens is 478 g/mol. The summed E-state index contributed by atoms with van der Waals surface area (Å²) in [6.45, 7) is 3.40. The zero-order chi connectivity index (χ0) is 23.1. The van der Waals surface area contributed by atoms with Gasteiger partial charge in [0.05, 0.1) is 18.4 Å². The van der Waals surface area contributed by atoms with Crippen LogP contribution in [0.25, 0.3) is 5.69 Å². The number of aryl methyl sites for hydroxylation is 1. The minimum absolute atomic E-state index is 0.115. The summed E-state index contributed by atoms with van der Waals surface area (Å²) in [7, 11) is 0. The molecule has 0 radical (unpaired) electrons. The van der Waals surface area contributed by atoms with Crippen LogP contribution in [0, 0.1) is 0 Å². The smallest absolute Gasteiger partial charge is 0.362 e. The van der Waals surface area contributed by atoms with E-state index < -0.39 is 24.0 Å². The second kappa shape index (κ2) is 10.7. The molecule has 0 fully saturated rings. The maximum atomic E-state index is 12.6. The summed E-state index contributed by atoms with van der Waals surface area (Å²) in [6, 6.07) is 15.4. The third kappa shape index (κ3) is 5.82. The predicted octanol–water partition coefficient (Wildman–Crippen LogP) is 3.75. The molecule has 0 atom stereocenters. The summed E-state index contributed by atoms with van der Waals surface area (Å²) in [4.78, 5) is 37.4. The van der Waals surface area contributed by atoms with Crippen LogP contribution in [-0.2, 0) is 16.0 Å². The Kier molecular flexibility index (Phi) is 7.77. The van der Waals surface area contributed by atoms with Gasteiger partial charge in [-0.2, -0.15) is 9.78 Å². The van der Waals surface area contributed by atoms with Crippen molar-refractivity contribution in [3.05, 3.63) is 80.7 Å². The van der Waals surface area contributed by atoms with Gasteiger partial charge in [-0.15, -0.1) is 0 Å². The van der Waals surface area contributed by atoms with Crippen LogP contribution in [0.2, 0.25) is 0 Å². The number of ether oxygens (including phenoxy) is 2. The largest absolute Gasteiger partial charge is 0.481 e. The van der Waals surface area contributed by atoms with E-state index in [2.05, 4.69) is 26.3 Å². The van der Waals surface area contributed by atoms with Crippen molar-refractivity contribution >= 4 is 33.5 Å². The first-order valence-electron chi connectivity index (χ1n) is 10.00. The second-order valence-corrected chi connectivity index (χ2v) is 7.61. The molecule has 1 N–H and O–H groups in total. The Morgan fingerprint density at radius 1 is 1.09 bits per heavy atom. The highest BCUT2D eigenvalue weighted by Crippen LogP contribution is 2.18. The molecule has 1 amide bonds. The Balaban J connectivity index is 1.82. The maximum absolute atomic E-state index is 12.6. The van der Waals surface area contributed by atoms with E-state index in [0.29, 0.717) is 11.4 Å². The van der Waals surface area contributed by atoms with E-state index in [0.717, 1.165) is 27.2 Å². The molecule has 0 saturated carbocycles. The molecule has 2 aromatic carbocycles. The van der Waals surface area contributed by atoms with Crippen LogP contribution in [0.1, 0.15) is 29.9 Å². The summed E-state index contributed by atoms with van der Waals surface area (Å²) < 4.78 is 12.3. The van der Waals surface area contributed by atoms with Gasteiger partial charge in [0.1, 0.15) is 0 Å². The monoisotopic (exact) mass is 499 g/mol. The van der Waals surface area contributed by atoms with Gasteiger partial charge < -0.3 is 14.8 Å². The summed E-state index contributed by atoms with van der Waals surface area (Å²) in [5, 5.41) is 6.84. The number of anilines is 1. The average molecular weight is 500 g/mol. The third-order valence-electron chi connectivity index (χ3n) is 4.42. The Labute approximate surface area is 193 Å². The highest BCUT2D eigenvalue weighted by molar-refractivity contribution is 9.10. The number of carbonyl (C=O) groups excluding carboxylic acids is 2. The molecule has 3 aromatic rings. The highest BCUT2D eigenvalue weighted by Gasteiger charge is 2.20. The molecule has 32 heavy (non-hydrogen) atoms. The third-order valence-corrected chi connectivity index (χ3v) is 4.92. The summed E-state index contributed by atoms with van der Waals surface area (Å²) in [5.74, 6) is -1.33. The van der Waals surface area contributed by atoms with Crippen molar-refractivity contribution in [2.75, 3.05) is 18.5 Å². The zero-order valence-electron chi connectivity index (χ0n) is 17.6. The van der Waals surface area contributed by atoms with E-state index in [9.17, 15) is 14.4 Å². The van der Waals surface area contributed by atoms with Crippen molar-refractivity contribution in [3.8, 4) is 11.4 Å². The van der Waals surface area contributed by atoms with Crippen LogP contribution in [0.4, 0.5) is 5.69 Å². The van der Waals surface area contributed by atoms with Gasteiger partial charge in [0.25, 0.3) is 11.5 Å². The van der Waals surface area contributed by atoms with E-state index in [-0.39, 0.29) is 18.1 Å². The predicted molar refractivity (Wildman–Crippen MR) is 123 cm³/mol. The summed E-state index contributed by atoms with van der Waals surface area (Å²) in [5.41, 5.74) is 1.49. The van der Waals surface area contributed by atoms with Crippen molar-refractivity contribution < 1.29 is 19.1 Å². The molecule has 0 unspecified atom stereocenters. The lowest BCUT2D eigenvalue weighted by atomic mass is 10.1. The number of nitrogens with one attached hydrogen (secondary N) is 1. The van der Waals surface area contributed by atoms with Crippen LogP contribution < -0.4 is 15.6 Å². The fourth-order valence-electron chi connectivity index (χ4n) is 2.85. The molecule has 0 aliphatic carbocycles. The van der Waals surface area contributed by atoms with Crippen LogP contribution in [0.15, 0.2) is 63.9 Å². The average Bonchev–Trinajstić information content (AvgIpc) is 2.78. The topological polar surface area (TPSA) is 99.5 Å². The number of carbonyl (C=O) groups is 2. The Bertz CT molecular complexity index is 1170. The molecule has 3 rings (SSSR count). The van der Waals surface area contributed by atoms with Crippen molar-refractivity contribution in [3.63, 3.8) is 0 Å². The molecule has 0 aliphatic rings. The fourth-order valence-corrected chi connectivity index (χ4v) is 3.24. The normalized spacial score (nSPS) is 10.5. The van der Waals surface area contributed by atoms with E-state index in [1.54, 1.807) is 43.3 Å². The molecule has 0 saturated heterocycles. The number of hydrogen-bond donors (Lipinski definition) is 1. The minimum atomic E-state index is -0.762. The van der Waals surface area contributed by atoms with Crippen molar-refractivity contribution in [2.24, 2.45) is 0 Å². The van der Waals surface area contributed by atoms with Gasteiger partial charge in [-0.1, -0.05) is 41.1 Å². The number of nitrogens with zero attached hydrogens (tertiary/aromatic N) is 2. The minimum Gasteiger partial charge on any atom is -0.481 e. The first kappa shape index (κ1) is 23.2. The first-order chi connectivity index (χ1) is 15.4. The number of aromatic nitrogens is 2. The molecule has 0 bridgehead atoms. The van der Waals surface area contributed by atoms with Gasteiger partial charge in [0.15, 0.2) is 12.4 Å². The van der Waals surface area contributed by atoms with E-state index in [1.807, 2.05) is 19.1 Å². The molecule has 0 aliphatic heterocycles. The molecular formula is C23H22BrN3O5. The highest BCUT2D eigenvalue weighted by atomic mass is 79.9. The number of rotatable bonds is 8. The quantitative estimate of drug-likeness (QED) is 0.473. The lowest BCUT2D eigenvalue weighted by Crippen LogP contribution is -2.27. The van der Waals surface area contributed by atoms with E-state index >= 15 is 0 Å². The van der Waals surface area contributed by atoms with Crippen LogP contribution >= 0.6 is 15.9 Å². The van der Waals surface area contributed by atoms with Crippen LogP contribution in [0.3, 0.4) is 0 Å². The van der Waals surface area contributed by atoms with Crippen LogP contribution in [0.5, 0.6) is 5.75 Å². The van der Waals surface area contributed by atoms with Gasteiger partial charge in [-0.05, 0) is 49.2 Å². The fraction of sp³-hybridized carbons (Fsp3) is 0.217. The molecule has 8 nitrogen and oxygen atoms in total. The lowest BCUT2D eigenvalue weighted by molar-refractivity contribution is -0.118.